The Morgan fingerprint density at radius 2 is 2.03 bits per heavy atom. The molecule has 1 aromatic carbocycles. The number of allylic oxidation sites excluding steroid dienone is 1. The van der Waals surface area contributed by atoms with E-state index >= 15 is 0 Å². The lowest BCUT2D eigenvalue weighted by Crippen LogP contribution is -2.39. The summed E-state index contributed by atoms with van der Waals surface area (Å²) in [5.74, 6) is 0.418. The second-order valence-electron chi connectivity index (χ2n) is 9.61. The van der Waals surface area contributed by atoms with Crippen molar-refractivity contribution in [2.75, 3.05) is 26.2 Å². The van der Waals surface area contributed by atoms with Gasteiger partial charge in [-0.25, -0.2) is 9.78 Å². The highest BCUT2D eigenvalue weighted by molar-refractivity contribution is 7.18. The van der Waals surface area contributed by atoms with Gasteiger partial charge in [0.25, 0.3) is 0 Å². The van der Waals surface area contributed by atoms with Gasteiger partial charge in [-0.2, -0.15) is 0 Å². The number of fused-ring (bicyclic) bond motifs is 1. The van der Waals surface area contributed by atoms with Crippen molar-refractivity contribution in [3.63, 3.8) is 0 Å². The quantitative estimate of drug-likeness (QED) is 0.641. The number of thiazole rings is 1. The van der Waals surface area contributed by atoms with E-state index in [0.29, 0.717) is 12.5 Å². The molecule has 0 saturated carbocycles. The Kier molecular flexibility index (Phi) is 6.16. The average molecular weight is 428 g/mol. The summed E-state index contributed by atoms with van der Waals surface area (Å²) >= 11 is 1.79. The minimum Gasteiger partial charge on any atom is -0.443 e. The standard InChI is InChI=1S/C24H33N3O2S/c1-17-7-9-20(27(16-17)23(28)29-24(2,3)4)18-8-10-21-19(15-18)25-22(30-21)11-14-26-12-5-6-13-26/h8-10,15,17H,5-7,11-14,16H2,1-4H3/t17-/m0/s1. The first-order chi connectivity index (χ1) is 14.3. The van der Waals surface area contributed by atoms with Crippen LogP contribution in [0.2, 0.25) is 0 Å². The first-order valence-corrected chi connectivity index (χ1v) is 11.9. The zero-order chi connectivity index (χ0) is 21.3. The van der Waals surface area contributed by atoms with Crippen LogP contribution in [0.3, 0.4) is 0 Å². The van der Waals surface area contributed by atoms with Crippen molar-refractivity contribution in [1.29, 1.82) is 0 Å². The van der Waals surface area contributed by atoms with Crippen molar-refractivity contribution in [3.05, 3.63) is 34.8 Å². The fourth-order valence-electron chi connectivity index (χ4n) is 4.17. The molecule has 1 amide bonds. The van der Waals surface area contributed by atoms with Crippen LogP contribution in [-0.4, -0.2) is 52.7 Å². The second kappa shape index (κ2) is 8.67. The molecule has 0 spiro atoms. The number of rotatable bonds is 4. The molecule has 0 bridgehead atoms. The van der Waals surface area contributed by atoms with E-state index in [1.165, 1.54) is 35.6 Å². The molecule has 6 heteroatoms. The molecule has 1 saturated heterocycles. The molecule has 0 aliphatic carbocycles. The van der Waals surface area contributed by atoms with Crippen molar-refractivity contribution >= 4 is 33.3 Å². The highest BCUT2D eigenvalue weighted by Gasteiger charge is 2.29. The number of hydrogen-bond acceptors (Lipinski definition) is 5. The van der Waals surface area contributed by atoms with E-state index in [1.54, 1.807) is 16.2 Å². The van der Waals surface area contributed by atoms with Crippen LogP contribution in [0.1, 0.15) is 57.5 Å². The zero-order valence-electron chi connectivity index (χ0n) is 18.6. The van der Waals surface area contributed by atoms with Crippen molar-refractivity contribution in [2.45, 2.75) is 59.0 Å². The van der Waals surface area contributed by atoms with Crippen LogP contribution >= 0.6 is 11.3 Å². The van der Waals surface area contributed by atoms with Crippen LogP contribution in [0.25, 0.3) is 15.9 Å². The number of amides is 1. The molecule has 1 atom stereocenters. The molecule has 0 N–H and O–H groups in total. The van der Waals surface area contributed by atoms with Crippen molar-refractivity contribution in [2.24, 2.45) is 5.92 Å². The van der Waals surface area contributed by atoms with Gasteiger partial charge in [-0.05, 0) is 71.2 Å². The number of aromatic nitrogens is 1. The maximum Gasteiger partial charge on any atom is 0.414 e. The summed E-state index contributed by atoms with van der Waals surface area (Å²) in [4.78, 5) is 22.1. The third-order valence-corrected chi connectivity index (χ3v) is 6.78. The van der Waals surface area contributed by atoms with Crippen molar-refractivity contribution in [1.82, 2.24) is 14.8 Å². The van der Waals surface area contributed by atoms with E-state index in [-0.39, 0.29) is 6.09 Å². The zero-order valence-corrected chi connectivity index (χ0v) is 19.4. The summed E-state index contributed by atoms with van der Waals surface area (Å²) in [5.41, 5.74) is 2.50. The largest absolute Gasteiger partial charge is 0.443 e. The summed E-state index contributed by atoms with van der Waals surface area (Å²) in [6, 6.07) is 6.39. The minimum atomic E-state index is -0.508. The number of carbonyl (C=O) groups excluding carboxylic acids is 1. The van der Waals surface area contributed by atoms with E-state index in [1.807, 2.05) is 20.8 Å². The first-order valence-electron chi connectivity index (χ1n) is 11.1. The molecule has 1 fully saturated rings. The Hall–Kier alpha value is -1.92. The molecular formula is C24H33N3O2S. The highest BCUT2D eigenvalue weighted by Crippen LogP contribution is 2.32. The number of carbonyl (C=O) groups is 1. The predicted molar refractivity (Wildman–Crippen MR) is 124 cm³/mol. The van der Waals surface area contributed by atoms with Gasteiger partial charge in [0.1, 0.15) is 5.60 Å². The number of ether oxygens (including phenoxy) is 1. The summed E-state index contributed by atoms with van der Waals surface area (Å²) < 4.78 is 6.89. The molecule has 4 rings (SSSR count). The third-order valence-electron chi connectivity index (χ3n) is 5.68. The van der Waals surface area contributed by atoms with Gasteiger partial charge in [-0.15, -0.1) is 11.3 Å². The number of benzene rings is 1. The van der Waals surface area contributed by atoms with Crippen LogP contribution < -0.4 is 0 Å². The van der Waals surface area contributed by atoms with Crippen LogP contribution in [0.4, 0.5) is 4.79 Å². The Morgan fingerprint density at radius 3 is 2.77 bits per heavy atom. The Bertz CT molecular complexity index is 938. The summed E-state index contributed by atoms with van der Waals surface area (Å²) in [5, 5.41) is 1.20. The molecule has 0 unspecified atom stereocenters. The van der Waals surface area contributed by atoms with Gasteiger partial charge in [-0.1, -0.05) is 19.1 Å². The number of hydrogen-bond donors (Lipinski definition) is 0. The van der Waals surface area contributed by atoms with Gasteiger partial charge in [0.05, 0.1) is 20.9 Å². The summed E-state index contributed by atoms with van der Waals surface area (Å²) in [7, 11) is 0. The molecule has 5 nitrogen and oxygen atoms in total. The van der Waals surface area contributed by atoms with Crippen LogP contribution in [0, 0.1) is 5.92 Å². The fraction of sp³-hybridized carbons (Fsp3) is 0.583. The lowest BCUT2D eigenvalue weighted by Gasteiger charge is -2.33. The smallest absolute Gasteiger partial charge is 0.414 e. The molecule has 1 aromatic heterocycles. The van der Waals surface area contributed by atoms with E-state index in [4.69, 9.17) is 9.72 Å². The van der Waals surface area contributed by atoms with Gasteiger partial charge < -0.3 is 9.64 Å². The molecule has 3 heterocycles. The first kappa shape index (κ1) is 21.3. The van der Waals surface area contributed by atoms with Gasteiger partial charge in [0.15, 0.2) is 0 Å². The second-order valence-corrected chi connectivity index (χ2v) is 10.7. The normalized spacial score (nSPS) is 20.6. The Morgan fingerprint density at radius 1 is 1.27 bits per heavy atom. The number of likely N-dealkylation sites (tertiary alicyclic amines) is 1. The van der Waals surface area contributed by atoms with Gasteiger partial charge in [0, 0.05) is 25.1 Å². The molecule has 162 valence electrons. The SMILES string of the molecule is C[C@H]1CC=C(c2ccc3sc(CCN4CCCC4)nc3c2)N(C(=O)OC(C)(C)C)C1. The molecular weight excluding hydrogens is 394 g/mol. The topological polar surface area (TPSA) is 45.7 Å². The molecule has 2 aliphatic rings. The van der Waals surface area contributed by atoms with E-state index in [0.717, 1.165) is 36.2 Å². The molecule has 30 heavy (non-hydrogen) atoms. The lowest BCUT2D eigenvalue weighted by molar-refractivity contribution is 0.0327. The maximum atomic E-state index is 12.9. The molecule has 0 radical (unpaired) electrons. The molecule has 2 aliphatic heterocycles. The Labute approximate surface area is 183 Å². The van der Waals surface area contributed by atoms with Gasteiger partial charge >= 0.3 is 6.09 Å². The Balaban J connectivity index is 1.54. The highest BCUT2D eigenvalue weighted by atomic mass is 32.1. The van der Waals surface area contributed by atoms with Crippen LogP contribution in [0.5, 0.6) is 0 Å². The van der Waals surface area contributed by atoms with Gasteiger partial charge in [-0.3, -0.25) is 4.90 Å². The van der Waals surface area contributed by atoms with Crippen molar-refractivity contribution in [3.8, 4) is 0 Å². The van der Waals surface area contributed by atoms with Crippen molar-refractivity contribution < 1.29 is 9.53 Å². The summed E-state index contributed by atoms with van der Waals surface area (Å²) in [6.07, 6.45) is 6.52. The fourth-order valence-corrected chi connectivity index (χ4v) is 5.11. The number of nitrogens with zero attached hydrogens (tertiary/aromatic N) is 3. The monoisotopic (exact) mass is 427 g/mol. The minimum absolute atomic E-state index is 0.273. The van der Waals surface area contributed by atoms with Crippen LogP contribution in [-0.2, 0) is 11.2 Å². The third kappa shape index (κ3) is 5.03. The maximum absolute atomic E-state index is 12.9. The lowest BCUT2D eigenvalue weighted by atomic mass is 9.98. The molecule has 2 aromatic rings. The summed E-state index contributed by atoms with van der Waals surface area (Å²) in [6.45, 7) is 12.1. The van der Waals surface area contributed by atoms with E-state index in [9.17, 15) is 4.79 Å². The average Bonchev–Trinajstić information content (AvgIpc) is 3.33. The van der Waals surface area contributed by atoms with Crippen LogP contribution in [0.15, 0.2) is 24.3 Å². The van der Waals surface area contributed by atoms with E-state index in [2.05, 4.69) is 36.1 Å². The van der Waals surface area contributed by atoms with E-state index < -0.39 is 5.60 Å². The predicted octanol–water partition coefficient (Wildman–Crippen LogP) is 5.55. The van der Waals surface area contributed by atoms with Gasteiger partial charge in [0.2, 0.25) is 0 Å².